The van der Waals surface area contributed by atoms with Crippen LogP contribution in [-0.4, -0.2) is 46.4 Å². The Kier molecular flexibility index (Phi) is 6.04. The van der Waals surface area contributed by atoms with Crippen molar-refractivity contribution in [1.29, 1.82) is 0 Å². The summed E-state index contributed by atoms with van der Waals surface area (Å²) in [6.07, 6.45) is 3.58. The number of hydrogen-bond donors (Lipinski definition) is 0. The van der Waals surface area contributed by atoms with Crippen LogP contribution in [0.4, 0.5) is 0 Å². The predicted molar refractivity (Wildman–Crippen MR) is 117 cm³/mol. The molecule has 1 amide bonds. The van der Waals surface area contributed by atoms with Gasteiger partial charge in [0, 0.05) is 30.1 Å². The van der Waals surface area contributed by atoms with Gasteiger partial charge in [-0.15, -0.1) is 0 Å². The highest BCUT2D eigenvalue weighted by atomic mass is 16.5. The minimum Gasteiger partial charge on any atom is -0.491 e. The number of hydrogen-bond acceptors (Lipinski definition) is 4. The van der Waals surface area contributed by atoms with Gasteiger partial charge >= 0.3 is 0 Å². The van der Waals surface area contributed by atoms with Gasteiger partial charge in [0.1, 0.15) is 12.4 Å². The number of fused-ring (bicyclic) bond motifs is 2. The second kappa shape index (κ2) is 8.88. The van der Waals surface area contributed by atoms with Gasteiger partial charge in [0.15, 0.2) is 0 Å². The zero-order valence-electron chi connectivity index (χ0n) is 17.9. The number of rotatable bonds is 3. The number of benzene rings is 2. The molecule has 2 heterocycles. The van der Waals surface area contributed by atoms with E-state index in [1.54, 1.807) is 6.20 Å². The number of carbonyl (C=O) groups excluding carboxylic acids is 1. The lowest BCUT2D eigenvalue weighted by molar-refractivity contribution is -0.00349. The van der Waals surface area contributed by atoms with E-state index in [1.165, 1.54) is 0 Å². The number of nitrogens with zero attached hydrogens (tertiary/aromatic N) is 3. The molecule has 0 unspecified atom stereocenters. The summed E-state index contributed by atoms with van der Waals surface area (Å²) in [5.41, 5.74) is 2.79. The number of ether oxygens (including phenoxy) is 2. The fourth-order valence-electron chi connectivity index (χ4n) is 4.03. The quantitative estimate of drug-likeness (QED) is 0.648. The van der Waals surface area contributed by atoms with Crippen molar-refractivity contribution in [3.8, 4) is 5.75 Å². The van der Waals surface area contributed by atoms with E-state index >= 15 is 0 Å². The fraction of sp³-hybridized carbons (Fsp3) is 0.417. The van der Waals surface area contributed by atoms with E-state index in [-0.39, 0.29) is 18.1 Å². The molecule has 6 heteroatoms. The molecule has 0 aliphatic carbocycles. The van der Waals surface area contributed by atoms with Gasteiger partial charge in [-0.05, 0) is 51.0 Å². The van der Waals surface area contributed by atoms with Crippen molar-refractivity contribution < 1.29 is 14.3 Å². The molecule has 6 nitrogen and oxygen atoms in total. The summed E-state index contributed by atoms with van der Waals surface area (Å²) >= 11 is 0. The van der Waals surface area contributed by atoms with Crippen molar-refractivity contribution in [2.75, 3.05) is 19.7 Å². The van der Waals surface area contributed by atoms with Crippen LogP contribution in [0.2, 0.25) is 0 Å². The Morgan fingerprint density at radius 1 is 1.20 bits per heavy atom. The molecular formula is C24H29N3O3. The van der Waals surface area contributed by atoms with Crippen molar-refractivity contribution in [3.63, 3.8) is 0 Å². The first-order chi connectivity index (χ1) is 14.5. The molecule has 1 atom stereocenters. The normalized spacial score (nSPS) is 17.6. The third kappa shape index (κ3) is 4.33. The molecule has 0 N–H and O–H groups in total. The van der Waals surface area contributed by atoms with Crippen LogP contribution in [0.3, 0.4) is 0 Å². The van der Waals surface area contributed by atoms with Gasteiger partial charge in [-0.1, -0.05) is 18.2 Å². The fourth-order valence-corrected chi connectivity index (χ4v) is 4.03. The highest BCUT2D eigenvalue weighted by molar-refractivity contribution is 5.98. The molecule has 0 bridgehead atoms. The molecule has 0 saturated carbocycles. The van der Waals surface area contributed by atoms with Crippen LogP contribution in [0.5, 0.6) is 5.75 Å². The minimum atomic E-state index is -0.0389. The Morgan fingerprint density at radius 3 is 2.87 bits per heavy atom. The van der Waals surface area contributed by atoms with Gasteiger partial charge in [0.05, 0.1) is 30.5 Å². The van der Waals surface area contributed by atoms with Crippen LogP contribution in [0, 0.1) is 0 Å². The first-order valence-corrected chi connectivity index (χ1v) is 10.6. The van der Waals surface area contributed by atoms with Crippen molar-refractivity contribution in [2.45, 2.75) is 38.9 Å². The standard InChI is InChI=1S/C24H29N3O3/c1-17(2)30-23-9-6-12-27(13-14-29-22-8-5-4-7-20(22)23)24(28)18-10-11-21-19(15-18)16-25-26(21)3/h4-5,7-8,10-11,15-17,23H,6,9,12-14H2,1-3H3/t23-/m0/s1. The highest BCUT2D eigenvalue weighted by Gasteiger charge is 2.23. The zero-order chi connectivity index (χ0) is 21.1. The number of aryl methyl sites for hydroxylation is 1. The Bertz CT molecular complexity index is 1030. The van der Waals surface area contributed by atoms with E-state index in [0.717, 1.165) is 35.1 Å². The van der Waals surface area contributed by atoms with Crippen LogP contribution in [-0.2, 0) is 11.8 Å². The SMILES string of the molecule is CC(C)O[C@H]1CCCN(C(=O)c2ccc3c(cnn3C)c2)CCOc2ccccc21. The van der Waals surface area contributed by atoms with Crippen LogP contribution in [0.1, 0.15) is 48.7 Å². The molecule has 1 aliphatic heterocycles. The molecule has 0 saturated heterocycles. The van der Waals surface area contributed by atoms with E-state index in [4.69, 9.17) is 9.47 Å². The van der Waals surface area contributed by atoms with Crippen LogP contribution in [0.25, 0.3) is 10.9 Å². The monoisotopic (exact) mass is 407 g/mol. The lowest BCUT2D eigenvalue weighted by atomic mass is 10.0. The van der Waals surface area contributed by atoms with Gasteiger partial charge in [-0.2, -0.15) is 5.10 Å². The molecule has 0 radical (unpaired) electrons. The van der Waals surface area contributed by atoms with Gasteiger partial charge < -0.3 is 14.4 Å². The summed E-state index contributed by atoms with van der Waals surface area (Å²) in [5, 5.41) is 5.24. The summed E-state index contributed by atoms with van der Waals surface area (Å²) < 4.78 is 14.1. The molecule has 3 aromatic rings. The zero-order valence-corrected chi connectivity index (χ0v) is 17.9. The lowest BCUT2D eigenvalue weighted by Gasteiger charge is -2.28. The molecule has 30 heavy (non-hydrogen) atoms. The molecule has 4 rings (SSSR count). The average molecular weight is 408 g/mol. The molecule has 1 aromatic heterocycles. The van der Waals surface area contributed by atoms with E-state index in [1.807, 2.05) is 66.9 Å². The van der Waals surface area contributed by atoms with Crippen molar-refractivity contribution in [1.82, 2.24) is 14.7 Å². The largest absolute Gasteiger partial charge is 0.491 e. The second-order valence-corrected chi connectivity index (χ2v) is 8.04. The molecular weight excluding hydrogens is 378 g/mol. The van der Waals surface area contributed by atoms with Gasteiger partial charge in [0.2, 0.25) is 0 Å². The third-order valence-electron chi connectivity index (χ3n) is 5.50. The average Bonchev–Trinajstić information content (AvgIpc) is 3.11. The lowest BCUT2D eigenvalue weighted by Crippen LogP contribution is -2.36. The van der Waals surface area contributed by atoms with Gasteiger partial charge in [0.25, 0.3) is 5.91 Å². The molecule has 2 aromatic carbocycles. The summed E-state index contributed by atoms with van der Waals surface area (Å²) in [5.74, 6) is 0.869. The topological polar surface area (TPSA) is 56.6 Å². The molecule has 1 aliphatic rings. The van der Waals surface area contributed by atoms with Crippen LogP contribution < -0.4 is 4.74 Å². The maximum absolute atomic E-state index is 13.2. The summed E-state index contributed by atoms with van der Waals surface area (Å²) in [7, 11) is 1.90. The second-order valence-electron chi connectivity index (χ2n) is 8.04. The van der Waals surface area contributed by atoms with Crippen molar-refractivity contribution in [3.05, 3.63) is 59.8 Å². The highest BCUT2D eigenvalue weighted by Crippen LogP contribution is 2.32. The first-order valence-electron chi connectivity index (χ1n) is 10.6. The Labute approximate surface area is 177 Å². The number of aromatic nitrogens is 2. The van der Waals surface area contributed by atoms with Crippen molar-refractivity contribution >= 4 is 16.8 Å². The van der Waals surface area contributed by atoms with Crippen LogP contribution >= 0.6 is 0 Å². The van der Waals surface area contributed by atoms with Crippen molar-refractivity contribution in [2.24, 2.45) is 7.05 Å². The number of para-hydroxylation sites is 1. The maximum atomic E-state index is 13.2. The Hall–Kier alpha value is -2.86. The number of amides is 1. The first kappa shape index (κ1) is 20.4. The van der Waals surface area contributed by atoms with E-state index in [0.29, 0.717) is 25.3 Å². The summed E-state index contributed by atoms with van der Waals surface area (Å²) in [6, 6.07) is 13.8. The van der Waals surface area contributed by atoms with Crippen LogP contribution in [0.15, 0.2) is 48.7 Å². The maximum Gasteiger partial charge on any atom is 0.253 e. The molecule has 158 valence electrons. The minimum absolute atomic E-state index is 0.0274. The van der Waals surface area contributed by atoms with E-state index < -0.39 is 0 Å². The Balaban J connectivity index is 1.54. The Morgan fingerprint density at radius 2 is 2.03 bits per heavy atom. The van der Waals surface area contributed by atoms with Gasteiger partial charge in [-0.3, -0.25) is 9.48 Å². The van der Waals surface area contributed by atoms with Gasteiger partial charge in [-0.25, -0.2) is 0 Å². The molecule has 0 fully saturated rings. The smallest absolute Gasteiger partial charge is 0.253 e. The van der Waals surface area contributed by atoms with E-state index in [2.05, 4.69) is 11.2 Å². The van der Waals surface area contributed by atoms with E-state index in [9.17, 15) is 4.79 Å². The predicted octanol–water partition coefficient (Wildman–Crippen LogP) is 4.35. The third-order valence-corrected chi connectivity index (χ3v) is 5.50. The summed E-state index contributed by atoms with van der Waals surface area (Å²) in [4.78, 5) is 15.1. The number of carbonyl (C=O) groups is 1. The molecule has 0 spiro atoms. The summed E-state index contributed by atoms with van der Waals surface area (Å²) in [6.45, 7) is 5.77.